The predicted octanol–water partition coefficient (Wildman–Crippen LogP) is 3.15. The molecule has 6 heteroatoms. The molecule has 0 bridgehead atoms. The fraction of sp³-hybridized carbons (Fsp3) is 0.467. The highest BCUT2D eigenvalue weighted by Crippen LogP contribution is 2.47. The van der Waals surface area contributed by atoms with Crippen molar-refractivity contribution in [3.63, 3.8) is 0 Å². The van der Waals surface area contributed by atoms with Gasteiger partial charge in [0.15, 0.2) is 0 Å². The number of aryl methyl sites for hydroxylation is 1. The van der Waals surface area contributed by atoms with Crippen molar-refractivity contribution in [2.24, 2.45) is 0 Å². The summed E-state index contributed by atoms with van der Waals surface area (Å²) in [6.07, 6.45) is 1.37. The van der Waals surface area contributed by atoms with Gasteiger partial charge in [-0.15, -0.1) is 11.8 Å². The Bertz CT molecular complexity index is 622. The average molecular weight is 369 g/mol. The maximum Gasteiger partial charge on any atom is 0.248 e. The van der Waals surface area contributed by atoms with E-state index in [1.165, 1.54) is 0 Å². The van der Waals surface area contributed by atoms with Crippen molar-refractivity contribution in [1.82, 2.24) is 4.90 Å². The van der Waals surface area contributed by atoms with Gasteiger partial charge in [-0.1, -0.05) is 6.07 Å². The highest BCUT2D eigenvalue weighted by Gasteiger charge is 2.52. The monoisotopic (exact) mass is 368 g/mol. The molecule has 0 spiro atoms. The Morgan fingerprint density at radius 2 is 2.29 bits per heavy atom. The molecule has 2 aliphatic heterocycles. The van der Waals surface area contributed by atoms with Crippen LogP contribution >= 0.6 is 27.7 Å². The third kappa shape index (κ3) is 2.59. The number of carbonyl (C=O) groups excluding carboxylic acids is 2. The summed E-state index contributed by atoms with van der Waals surface area (Å²) in [7, 11) is 0. The van der Waals surface area contributed by atoms with E-state index >= 15 is 0 Å². The molecule has 3 rings (SSSR count). The van der Waals surface area contributed by atoms with Gasteiger partial charge in [-0.25, -0.2) is 0 Å². The molecule has 0 aliphatic carbocycles. The number of hydrogen-bond acceptors (Lipinski definition) is 3. The molecular weight excluding hydrogens is 352 g/mol. The second kappa shape index (κ2) is 5.32. The van der Waals surface area contributed by atoms with Crippen molar-refractivity contribution in [1.29, 1.82) is 0 Å². The summed E-state index contributed by atoms with van der Waals surface area (Å²) in [4.78, 5) is 26.2. The molecule has 2 heterocycles. The summed E-state index contributed by atoms with van der Waals surface area (Å²) in [5, 5.41) is 2.94. The largest absolute Gasteiger partial charge is 0.323 e. The molecule has 112 valence electrons. The van der Waals surface area contributed by atoms with Crippen LogP contribution in [-0.4, -0.2) is 33.4 Å². The maximum atomic E-state index is 12.5. The van der Waals surface area contributed by atoms with Gasteiger partial charge in [0.1, 0.15) is 6.04 Å². The SMILES string of the molecule is Cc1ccc(NC(=O)[C@@H]2CS[C@@]3(C)CCC(=O)N23)c(Br)c1. The minimum atomic E-state index is -0.372. The third-order valence-corrected chi connectivity index (χ3v) is 6.29. The van der Waals surface area contributed by atoms with E-state index < -0.39 is 0 Å². The van der Waals surface area contributed by atoms with E-state index in [1.54, 1.807) is 16.7 Å². The van der Waals surface area contributed by atoms with Gasteiger partial charge < -0.3 is 10.2 Å². The number of anilines is 1. The molecule has 1 aromatic carbocycles. The zero-order valence-corrected chi connectivity index (χ0v) is 14.4. The second-order valence-electron chi connectivity index (χ2n) is 5.74. The second-order valence-corrected chi connectivity index (χ2v) is 8.09. The van der Waals surface area contributed by atoms with E-state index in [0.29, 0.717) is 12.2 Å². The van der Waals surface area contributed by atoms with Crippen LogP contribution in [0.3, 0.4) is 0 Å². The first-order valence-corrected chi connectivity index (χ1v) is 8.72. The van der Waals surface area contributed by atoms with Gasteiger partial charge in [0.25, 0.3) is 0 Å². The van der Waals surface area contributed by atoms with Crippen LogP contribution in [0.1, 0.15) is 25.3 Å². The number of nitrogens with zero attached hydrogens (tertiary/aromatic N) is 1. The topological polar surface area (TPSA) is 49.4 Å². The minimum absolute atomic E-state index is 0.0885. The van der Waals surface area contributed by atoms with Crippen molar-refractivity contribution in [2.45, 2.75) is 37.6 Å². The lowest BCUT2D eigenvalue weighted by molar-refractivity contribution is -0.135. The van der Waals surface area contributed by atoms with Crippen LogP contribution in [0.25, 0.3) is 0 Å². The Balaban J connectivity index is 1.78. The quantitative estimate of drug-likeness (QED) is 0.871. The fourth-order valence-electron chi connectivity index (χ4n) is 2.95. The summed E-state index contributed by atoms with van der Waals surface area (Å²) < 4.78 is 0.858. The molecular formula is C15H17BrN2O2S. The number of benzene rings is 1. The van der Waals surface area contributed by atoms with E-state index in [0.717, 1.165) is 22.1 Å². The average Bonchev–Trinajstić information content (AvgIpc) is 2.90. The van der Waals surface area contributed by atoms with Crippen LogP contribution < -0.4 is 5.32 Å². The number of fused-ring (bicyclic) bond motifs is 1. The molecule has 0 unspecified atom stereocenters. The molecule has 2 fully saturated rings. The van der Waals surface area contributed by atoms with E-state index in [4.69, 9.17) is 0 Å². The van der Waals surface area contributed by atoms with Crippen LogP contribution in [0.15, 0.2) is 22.7 Å². The standard InChI is InChI=1S/C15H17BrN2O2S/c1-9-3-4-11(10(16)7-9)17-14(20)12-8-21-15(2)6-5-13(19)18(12)15/h3-4,7,12H,5-6,8H2,1-2H3,(H,17,20)/t12-,15-/m0/s1. The molecule has 0 saturated carbocycles. The number of carbonyl (C=O) groups is 2. The van der Waals surface area contributed by atoms with Crippen molar-refractivity contribution in [3.8, 4) is 0 Å². The first-order chi connectivity index (χ1) is 9.90. The van der Waals surface area contributed by atoms with Gasteiger partial charge in [-0.3, -0.25) is 9.59 Å². The summed E-state index contributed by atoms with van der Waals surface area (Å²) >= 11 is 5.17. The minimum Gasteiger partial charge on any atom is -0.323 e. The van der Waals surface area contributed by atoms with E-state index in [2.05, 4.69) is 28.2 Å². The molecule has 1 N–H and O–H groups in total. The molecule has 4 nitrogen and oxygen atoms in total. The van der Waals surface area contributed by atoms with Gasteiger partial charge in [0.05, 0.1) is 10.6 Å². The lowest BCUT2D eigenvalue weighted by Crippen LogP contribution is -2.48. The zero-order chi connectivity index (χ0) is 15.2. The number of hydrogen-bond donors (Lipinski definition) is 1. The van der Waals surface area contributed by atoms with Crippen LogP contribution in [0.2, 0.25) is 0 Å². The number of amides is 2. The molecule has 21 heavy (non-hydrogen) atoms. The van der Waals surface area contributed by atoms with Crippen LogP contribution in [0, 0.1) is 6.92 Å². The highest BCUT2D eigenvalue weighted by atomic mass is 79.9. The zero-order valence-electron chi connectivity index (χ0n) is 12.0. The summed E-state index contributed by atoms with van der Waals surface area (Å²) in [5.41, 5.74) is 1.87. The van der Waals surface area contributed by atoms with Gasteiger partial charge >= 0.3 is 0 Å². The maximum absolute atomic E-state index is 12.5. The molecule has 2 atom stereocenters. The molecule has 2 saturated heterocycles. The number of thioether (sulfide) groups is 1. The Kier molecular flexibility index (Phi) is 3.78. The normalized spacial score (nSPS) is 27.9. The number of nitrogens with one attached hydrogen (secondary N) is 1. The van der Waals surface area contributed by atoms with Crippen molar-refractivity contribution in [2.75, 3.05) is 11.1 Å². The van der Waals surface area contributed by atoms with Crippen molar-refractivity contribution < 1.29 is 9.59 Å². The van der Waals surface area contributed by atoms with E-state index in [9.17, 15) is 9.59 Å². The van der Waals surface area contributed by atoms with Gasteiger partial charge in [0.2, 0.25) is 11.8 Å². The van der Waals surface area contributed by atoms with Crippen LogP contribution in [0.4, 0.5) is 5.69 Å². The Labute approximate surface area is 136 Å². The third-order valence-electron chi connectivity index (χ3n) is 4.13. The smallest absolute Gasteiger partial charge is 0.248 e. The Morgan fingerprint density at radius 1 is 1.52 bits per heavy atom. The first-order valence-electron chi connectivity index (χ1n) is 6.94. The van der Waals surface area contributed by atoms with E-state index in [-0.39, 0.29) is 22.7 Å². The number of halogens is 1. The highest BCUT2D eigenvalue weighted by molar-refractivity contribution is 9.10. The van der Waals surface area contributed by atoms with Gasteiger partial charge in [0, 0.05) is 16.6 Å². The van der Waals surface area contributed by atoms with Crippen LogP contribution in [-0.2, 0) is 9.59 Å². The summed E-state index contributed by atoms with van der Waals surface area (Å²) in [5.74, 6) is 0.647. The predicted molar refractivity (Wildman–Crippen MR) is 88.2 cm³/mol. The Morgan fingerprint density at radius 3 is 3.00 bits per heavy atom. The van der Waals surface area contributed by atoms with Crippen molar-refractivity contribution in [3.05, 3.63) is 28.2 Å². The van der Waals surface area contributed by atoms with E-state index in [1.807, 2.05) is 25.1 Å². The lowest BCUT2D eigenvalue weighted by Gasteiger charge is -2.29. The number of rotatable bonds is 2. The summed E-state index contributed by atoms with van der Waals surface area (Å²) in [6, 6.07) is 5.42. The van der Waals surface area contributed by atoms with Crippen molar-refractivity contribution >= 4 is 45.2 Å². The fourth-order valence-corrected chi connectivity index (χ4v) is 4.98. The van der Waals surface area contributed by atoms with Gasteiger partial charge in [-0.2, -0.15) is 0 Å². The molecule has 2 aliphatic rings. The van der Waals surface area contributed by atoms with Crippen LogP contribution in [0.5, 0.6) is 0 Å². The molecule has 0 radical (unpaired) electrons. The first kappa shape index (κ1) is 14.9. The molecule has 2 amide bonds. The molecule has 0 aromatic heterocycles. The lowest BCUT2D eigenvalue weighted by atomic mass is 10.2. The van der Waals surface area contributed by atoms with Gasteiger partial charge in [-0.05, 0) is 53.9 Å². The molecule has 1 aromatic rings. The summed E-state index contributed by atoms with van der Waals surface area (Å²) in [6.45, 7) is 4.05. The Hall–Kier alpha value is -1.01.